The number of rotatable bonds is 7. The van der Waals surface area contributed by atoms with Crippen molar-refractivity contribution >= 4 is 11.8 Å². The third kappa shape index (κ3) is 4.04. The molecule has 2 aliphatic rings. The molecule has 1 aliphatic carbocycles. The first-order valence-corrected chi connectivity index (χ1v) is 9.87. The molecular weight excluding hydrogens is 278 g/mol. The fourth-order valence-electron chi connectivity index (χ4n) is 3.69. The number of hydrogen-bond acceptors (Lipinski definition) is 3. The van der Waals surface area contributed by atoms with E-state index in [4.69, 9.17) is 5.10 Å². The molecule has 0 radical (unpaired) electrons. The van der Waals surface area contributed by atoms with Gasteiger partial charge in [0.2, 0.25) is 0 Å². The lowest BCUT2D eigenvalue weighted by Crippen LogP contribution is -2.38. The van der Waals surface area contributed by atoms with Crippen LogP contribution in [0.3, 0.4) is 0 Å². The second-order valence-electron chi connectivity index (χ2n) is 6.61. The third-order valence-electron chi connectivity index (χ3n) is 4.98. The van der Waals surface area contributed by atoms with Crippen LogP contribution < -0.4 is 5.32 Å². The minimum absolute atomic E-state index is 0.617. The van der Waals surface area contributed by atoms with Crippen LogP contribution in [0.25, 0.3) is 0 Å². The lowest BCUT2D eigenvalue weighted by atomic mass is 9.95. The predicted octanol–water partition coefficient (Wildman–Crippen LogP) is 3.66. The van der Waals surface area contributed by atoms with E-state index in [0.717, 1.165) is 18.9 Å². The van der Waals surface area contributed by atoms with Crippen molar-refractivity contribution in [1.82, 2.24) is 15.1 Å². The molecule has 2 heterocycles. The molecular formula is C17H29N3S. The van der Waals surface area contributed by atoms with Gasteiger partial charge < -0.3 is 5.32 Å². The number of thioether (sulfide) groups is 1. The van der Waals surface area contributed by atoms with Crippen LogP contribution in [-0.4, -0.2) is 33.9 Å². The summed E-state index contributed by atoms with van der Waals surface area (Å²) in [6.45, 7) is 3.39. The molecule has 4 heteroatoms. The smallest absolute Gasteiger partial charge is 0.0640 e. The molecule has 1 aliphatic heterocycles. The summed E-state index contributed by atoms with van der Waals surface area (Å²) in [5.74, 6) is 3.49. The Hall–Kier alpha value is -0.480. The lowest BCUT2D eigenvalue weighted by molar-refractivity contribution is 0.374. The Kier molecular flexibility index (Phi) is 5.64. The monoisotopic (exact) mass is 307 g/mol. The van der Waals surface area contributed by atoms with E-state index in [-0.39, 0.29) is 0 Å². The van der Waals surface area contributed by atoms with Crippen LogP contribution in [0.15, 0.2) is 12.3 Å². The van der Waals surface area contributed by atoms with Crippen LogP contribution in [0.5, 0.6) is 0 Å². The highest BCUT2D eigenvalue weighted by Gasteiger charge is 2.26. The Labute approximate surface area is 133 Å². The van der Waals surface area contributed by atoms with Gasteiger partial charge in [-0.1, -0.05) is 19.8 Å². The van der Waals surface area contributed by atoms with Gasteiger partial charge in [-0.25, -0.2) is 0 Å². The van der Waals surface area contributed by atoms with E-state index >= 15 is 0 Å². The standard InChI is InChI=1S/C17H29N3S/c1-2-9-18-17(14-8-11-21-13-14)12-15-7-10-20(19-15)16-5-3-4-6-16/h7,10,14,16-18H,2-6,8-9,11-13H2,1H3. The van der Waals surface area contributed by atoms with Crippen molar-refractivity contribution in [2.45, 2.75) is 64.0 Å². The van der Waals surface area contributed by atoms with Crippen LogP contribution in [-0.2, 0) is 6.42 Å². The molecule has 0 bridgehead atoms. The maximum Gasteiger partial charge on any atom is 0.0640 e. The molecule has 0 aromatic carbocycles. The molecule has 2 unspecified atom stereocenters. The predicted molar refractivity (Wildman–Crippen MR) is 90.9 cm³/mol. The number of nitrogens with one attached hydrogen (secondary N) is 1. The van der Waals surface area contributed by atoms with Crippen LogP contribution in [0.2, 0.25) is 0 Å². The van der Waals surface area contributed by atoms with Gasteiger partial charge in [-0.05, 0) is 55.7 Å². The minimum atomic E-state index is 0.617. The summed E-state index contributed by atoms with van der Waals surface area (Å²) < 4.78 is 2.24. The minimum Gasteiger partial charge on any atom is -0.313 e. The van der Waals surface area contributed by atoms with Gasteiger partial charge in [0.15, 0.2) is 0 Å². The summed E-state index contributed by atoms with van der Waals surface area (Å²) >= 11 is 2.11. The van der Waals surface area contributed by atoms with E-state index in [0.29, 0.717) is 12.1 Å². The van der Waals surface area contributed by atoms with Crippen LogP contribution in [0, 0.1) is 5.92 Å². The van der Waals surface area contributed by atoms with Gasteiger partial charge in [0.1, 0.15) is 0 Å². The molecule has 1 aromatic rings. The van der Waals surface area contributed by atoms with Crippen molar-refractivity contribution in [1.29, 1.82) is 0 Å². The van der Waals surface area contributed by atoms with Gasteiger partial charge in [-0.15, -0.1) is 0 Å². The molecule has 0 spiro atoms. The highest BCUT2D eigenvalue weighted by molar-refractivity contribution is 7.99. The summed E-state index contributed by atoms with van der Waals surface area (Å²) in [4.78, 5) is 0. The van der Waals surface area contributed by atoms with Crippen molar-refractivity contribution in [2.75, 3.05) is 18.1 Å². The Balaban J connectivity index is 1.61. The maximum absolute atomic E-state index is 4.88. The quantitative estimate of drug-likeness (QED) is 0.833. The molecule has 2 atom stereocenters. The van der Waals surface area contributed by atoms with Gasteiger partial charge in [0.25, 0.3) is 0 Å². The van der Waals surface area contributed by atoms with Gasteiger partial charge in [-0.3, -0.25) is 4.68 Å². The summed E-state index contributed by atoms with van der Waals surface area (Å²) in [7, 11) is 0. The first-order valence-electron chi connectivity index (χ1n) is 8.72. The Morgan fingerprint density at radius 3 is 2.95 bits per heavy atom. The number of nitrogens with zero attached hydrogens (tertiary/aromatic N) is 2. The zero-order valence-corrected chi connectivity index (χ0v) is 14.1. The van der Waals surface area contributed by atoms with E-state index < -0.39 is 0 Å². The molecule has 1 saturated heterocycles. The number of hydrogen-bond donors (Lipinski definition) is 1. The maximum atomic E-state index is 4.88. The largest absolute Gasteiger partial charge is 0.313 e. The highest BCUT2D eigenvalue weighted by Crippen LogP contribution is 2.30. The Morgan fingerprint density at radius 2 is 2.24 bits per heavy atom. The molecule has 0 amide bonds. The lowest BCUT2D eigenvalue weighted by Gasteiger charge is -2.23. The fraction of sp³-hybridized carbons (Fsp3) is 0.824. The average Bonchev–Trinajstić information content (AvgIpc) is 3.24. The summed E-state index contributed by atoms with van der Waals surface area (Å²) in [6, 6.07) is 3.54. The molecule has 118 valence electrons. The van der Waals surface area contributed by atoms with Crippen LogP contribution in [0.1, 0.15) is 57.2 Å². The van der Waals surface area contributed by atoms with Crippen LogP contribution >= 0.6 is 11.8 Å². The van der Waals surface area contributed by atoms with Gasteiger partial charge in [-0.2, -0.15) is 16.9 Å². The van der Waals surface area contributed by atoms with Crippen molar-refractivity contribution < 1.29 is 0 Å². The van der Waals surface area contributed by atoms with E-state index in [9.17, 15) is 0 Å². The molecule has 1 aromatic heterocycles. The van der Waals surface area contributed by atoms with Crippen LogP contribution in [0.4, 0.5) is 0 Å². The van der Waals surface area contributed by atoms with Crippen molar-refractivity contribution in [2.24, 2.45) is 5.92 Å². The zero-order chi connectivity index (χ0) is 14.5. The van der Waals surface area contributed by atoms with Crippen molar-refractivity contribution in [3.8, 4) is 0 Å². The molecule has 3 nitrogen and oxygen atoms in total. The van der Waals surface area contributed by atoms with E-state index in [1.807, 2.05) is 0 Å². The normalized spacial score (nSPS) is 24.7. The number of aromatic nitrogens is 2. The average molecular weight is 308 g/mol. The Morgan fingerprint density at radius 1 is 1.38 bits per heavy atom. The van der Waals surface area contributed by atoms with Crippen molar-refractivity contribution in [3.63, 3.8) is 0 Å². The molecule has 1 saturated carbocycles. The highest BCUT2D eigenvalue weighted by atomic mass is 32.2. The summed E-state index contributed by atoms with van der Waals surface area (Å²) in [5.41, 5.74) is 1.28. The third-order valence-corrected chi connectivity index (χ3v) is 6.17. The SMILES string of the molecule is CCCNC(Cc1ccn(C2CCCC2)n1)C1CCSC1. The zero-order valence-electron chi connectivity index (χ0n) is 13.3. The first-order chi connectivity index (χ1) is 10.4. The second kappa shape index (κ2) is 7.68. The van der Waals surface area contributed by atoms with E-state index in [1.54, 1.807) is 0 Å². The van der Waals surface area contributed by atoms with Gasteiger partial charge in [0.05, 0.1) is 11.7 Å². The molecule has 2 fully saturated rings. The second-order valence-corrected chi connectivity index (χ2v) is 7.76. The summed E-state index contributed by atoms with van der Waals surface area (Å²) in [6.07, 6.45) is 11.3. The Bertz CT molecular complexity index is 419. The topological polar surface area (TPSA) is 29.9 Å². The molecule has 3 rings (SSSR count). The van der Waals surface area contributed by atoms with Gasteiger partial charge >= 0.3 is 0 Å². The molecule has 21 heavy (non-hydrogen) atoms. The fourth-order valence-corrected chi connectivity index (χ4v) is 5.03. The van der Waals surface area contributed by atoms with Crippen molar-refractivity contribution in [3.05, 3.63) is 18.0 Å². The van der Waals surface area contributed by atoms with E-state index in [1.165, 1.54) is 55.7 Å². The summed E-state index contributed by atoms with van der Waals surface area (Å²) in [5, 5.41) is 8.66. The van der Waals surface area contributed by atoms with E-state index in [2.05, 4.69) is 40.9 Å². The first kappa shape index (κ1) is 15.4. The molecule has 1 N–H and O–H groups in total. The van der Waals surface area contributed by atoms with Gasteiger partial charge in [0, 0.05) is 18.7 Å².